The highest BCUT2D eigenvalue weighted by atomic mass is 35.5. The third kappa shape index (κ3) is 4.77. The van der Waals surface area contributed by atoms with Crippen molar-refractivity contribution in [2.24, 2.45) is 0 Å². The predicted octanol–water partition coefficient (Wildman–Crippen LogP) is 2.45. The van der Waals surface area contributed by atoms with Gasteiger partial charge >= 0.3 is 6.09 Å². The highest BCUT2D eigenvalue weighted by molar-refractivity contribution is 6.31. The molecule has 116 valence electrons. The SMILES string of the molecule is Cc1c(Cl)cc(NC(=O)O)cc1OCCN1CCOCC1. The molecule has 0 aromatic heterocycles. The molecule has 0 atom stereocenters. The number of hydrogen-bond acceptors (Lipinski definition) is 4. The Morgan fingerprint density at radius 3 is 2.86 bits per heavy atom. The van der Waals surface area contributed by atoms with Gasteiger partial charge in [0.1, 0.15) is 12.4 Å². The third-order valence-corrected chi connectivity index (χ3v) is 3.71. The maximum atomic E-state index is 10.7. The van der Waals surface area contributed by atoms with Crippen molar-refractivity contribution >= 4 is 23.4 Å². The van der Waals surface area contributed by atoms with Crippen LogP contribution in [0.4, 0.5) is 10.5 Å². The number of anilines is 1. The number of benzene rings is 1. The molecule has 6 nitrogen and oxygen atoms in total. The molecular weight excluding hydrogens is 296 g/mol. The number of hydrogen-bond donors (Lipinski definition) is 2. The lowest BCUT2D eigenvalue weighted by molar-refractivity contribution is 0.0322. The van der Waals surface area contributed by atoms with E-state index in [1.54, 1.807) is 12.1 Å². The van der Waals surface area contributed by atoms with Gasteiger partial charge in [0.25, 0.3) is 0 Å². The molecule has 2 rings (SSSR count). The summed E-state index contributed by atoms with van der Waals surface area (Å²) in [6, 6.07) is 3.22. The first-order chi connectivity index (χ1) is 10.1. The van der Waals surface area contributed by atoms with Gasteiger partial charge in [0, 0.05) is 42.0 Å². The van der Waals surface area contributed by atoms with Gasteiger partial charge in [0.2, 0.25) is 0 Å². The summed E-state index contributed by atoms with van der Waals surface area (Å²) in [6.45, 7) is 6.49. The highest BCUT2D eigenvalue weighted by Crippen LogP contribution is 2.30. The predicted molar refractivity (Wildman–Crippen MR) is 80.6 cm³/mol. The molecule has 0 saturated carbocycles. The van der Waals surface area contributed by atoms with Crippen LogP contribution in [-0.4, -0.2) is 55.6 Å². The fourth-order valence-corrected chi connectivity index (χ4v) is 2.32. The molecule has 1 aliphatic heterocycles. The van der Waals surface area contributed by atoms with E-state index in [0.29, 0.717) is 23.1 Å². The smallest absolute Gasteiger partial charge is 0.409 e. The van der Waals surface area contributed by atoms with Crippen LogP contribution in [0.25, 0.3) is 0 Å². The Bertz CT molecular complexity index is 504. The molecule has 1 saturated heterocycles. The van der Waals surface area contributed by atoms with Crippen LogP contribution in [-0.2, 0) is 4.74 Å². The quantitative estimate of drug-likeness (QED) is 0.873. The van der Waals surface area contributed by atoms with E-state index < -0.39 is 6.09 Å². The molecule has 1 aromatic rings. The summed E-state index contributed by atoms with van der Waals surface area (Å²) in [7, 11) is 0. The van der Waals surface area contributed by atoms with E-state index in [-0.39, 0.29) is 0 Å². The van der Waals surface area contributed by atoms with Crippen molar-refractivity contribution in [1.29, 1.82) is 0 Å². The largest absolute Gasteiger partial charge is 0.492 e. The second-order valence-corrected chi connectivity index (χ2v) is 5.22. The van der Waals surface area contributed by atoms with E-state index >= 15 is 0 Å². The van der Waals surface area contributed by atoms with E-state index in [0.717, 1.165) is 38.4 Å². The monoisotopic (exact) mass is 314 g/mol. The minimum absolute atomic E-state index is 0.402. The number of amides is 1. The number of carbonyl (C=O) groups is 1. The zero-order valence-electron chi connectivity index (χ0n) is 11.9. The molecule has 0 unspecified atom stereocenters. The third-order valence-electron chi connectivity index (χ3n) is 3.32. The van der Waals surface area contributed by atoms with Crippen LogP contribution in [0.5, 0.6) is 5.75 Å². The molecular formula is C14H19ClN2O4. The van der Waals surface area contributed by atoms with E-state index in [2.05, 4.69) is 10.2 Å². The van der Waals surface area contributed by atoms with Crippen molar-refractivity contribution in [3.8, 4) is 5.75 Å². The molecule has 7 heteroatoms. The van der Waals surface area contributed by atoms with Gasteiger partial charge in [-0.15, -0.1) is 0 Å². The van der Waals surface area contributed by atoms with Crippen molar-refractivity contribution < 1.29 is 19.4 Å². The fraction of sp³-hybridized carbons (Fsp3) is 0.500. The molecule has 21 heavy (non-hydrogen) atoms. The molecule has 1 heterocycles. The van der Waals surface area contributed by atoms with Crippen LogP contribution >= 0.6 is 11.6 Å². The maximum Gasteiger partial charge on any atom is 0.409 e. The Kier molecular flexibility index (Phi) is 5.67. The highest BCUT2D eigenvalue weighted by Gasteiger charge is 2.12. The van der Waals surface area contributed by atoms with Crippen molar-refractivity contribution in [2.45, 2.75) is 6.92 Å². The van der Waals surface area contributed by atoms with E-state index in [9.17, 15) is 4.79 Å². The topological polar surface area (TPSA) is 71.0 Å². The first-order valence-electron chi connectivity index (χ1n) is 6.79. The zero-order chi connectivity index (χ0) is 15.2. The van der Waals surface area contributed by atoms with Gasteiger partial charge in [-0.3, -0.25) is 10.2 Å². The Morgan fingerprint density at radius 1 is 1.48 bits per heavy atom. The van der Waals surface area contributed by atoms with Crippen molar-refractivity contribution in [3.63, 3.8) is 0 Å². The Labute approximate surface area is 128 Å². The summed E-state index contributed by atoms with van der Waals surface area (Å²) in [6.07, 6.45) is -1.13. The van der Waals surface area contributed by atoms with Gasteiger partial charge in [-0.1, -0.05) is 11.6 Å². The molecule has 1 amide bonds. The van der Waals surface area contributed by atoms with Crippen molar-refractivity contribution in [3.05, 3.63) is 22.7 Å². The van der Waals surface area contributed by atoms with Crippen LogP contribution in [0, 0.1) is 6.92 Å². The fourth-order valence-electron chi connectivity index (χ4n) is 2.11. The van der Waals surface area contributed by atoms with Crippen LogP contribution < -0.4 is 10.1 Å². The average Bonchev–Trinajstić information content (AvgIpc) is 2.44. The normalized spacial score (nSPS) is 15.7. The number of nitrogens with one attached hydrogen (secondary N) is 1. The van der Waals surface area contributed by atoms with Crippen molar-refractivity contribution in [2.75, 3.05) is 44.8 Å². The molecule has 1 aromatic carbocycles. The Morgan fingerprint density at radius 2 is 2.19 bits per heavy atom. The standard InChI is InChI=1S/C14H19ClN2O4/c1-10-12(15)8-11(16-14(18)19)9-13(10)21-7-4-17-2-5-20-6-3-17/h8-9,16H,2-7H2,1H3,(H,18,19). The summed E-state index contributed by atoms with van der Waals surface area (Å²) in [5.41, 5.74) is 1.20. The molecule has 0 radical (unpaired) electrons. The lowest BCUT2D eigenvalue weighted by Gasteiger charge is -2.26. The lowest BCUT2D eigenvalue weighted by atomic mass is 10.2. The second kappa shape index (κ2) is 7.49. The maximum absolute atomic E-state index is 10.7. The average molecular weight is 315 g/mol. The molecule has 1 aliphatic rings. The summed E-state index contributed by atoms with van der Waals surface area (Å²) >= 11 is 6.09. The van der Waals surface area contributed by atoms with E-state index in [4.69, 9.17) is 26.2 Å². The summed E-state index contributed by atoms with van der Waals surface area (Å²) in [5, 5.41) is 11.5. The van der Waals surface area contributed by atoms with Gasteiger partial charge in [-0.2, -0.15) is 0 Å². The van der Waals surface area contributed by atoms with Crippen LogP contribution in [0.2, 0.25) is 5.02 Å². The lowest BCUT2D eigenvalue weighted by Crippen LogP contribution is -2.38. The Hall–Kier alpha value is -1.50. The summed E-state index contributed by atoms with van der Waals surface area (Å²) in [4.78, 5) is 12.9. The number of morpholine rings is 1. The molecule has 2 N–H and O–H groups in total. The number of nitrogens with zero attached hydrogens (tertiary/aromatic N) is 1. The van der Waals surface area contributed by atoms with Crippen LogP contribution in [0.1, 0.15) is 5.56 Å². The summed E-state index contributed by atoms with van der Waals surface area (Å²) in [5.74, 6) is 0.597. The Balaban J connectivity index is 1.94. The van der Waals surface area contributed by atoms with Crippen molar-refractivity contribution in [1.82, 2.24) is 4.90 Å². The van der Waals surface area contributed by atoms with Gasteiger partial charge in [-0.05, 0) is 13.0 Å². The van der Waals surface area contributed by atoms with Gasteiger partial charge in [0.15, 0.2) is 0 Å². The molecule has 0 aliphatic carbocycles. The minimum atomic E-state index is -1.13. The van der Waals surface area contributed by atoms with E-state index in [1.807, 2.05) is 6.92 Å². The number of carboxylic acid groups (broad SMARTS) is 1. The minimum Gasteiger partial charge on any atom is -0.492 e. The molecule has 0 bridgehead atoms. The second-order valence-electron chi connectivity index (χ2n) is 4.81. The zero-order valence-corrected chi connectivity index (χ0v) is 12.7. The first kappa shape index (κ1) is 15.9. The van der Waals surface area contributed by atoms with Crippen LogP contribution in [0.15, 0.2) is 12.1 Å². The number of rotatable bonds is 5. The first-order valence-corrected chi connectivity index (χ1v) is 7.17. The number of halogens is 1. The molecule has 0 spiro atoms. The summed E-state index contributed by atoms with van der Waals surface area (Å²) < 4.78 is 11.0. The molecule has 1 fully saturated rings. The van der Waals surface area contributed by atoms with E-state index in [1.165, 1.54) is 0 Å². The number of ether oxygens (including phenoxy) is 2. The van der Waals surface area contributed by atoms with Crippen LogP contribution in [0.3, 0.4) is 0 Å². The van der Waals surface area contributed by atoms with Gasteiger partial charge < -0.3 is 14.6 Å². The van der Waals surface area contributed by atoms with Gasteiger partial charge in [-0.25, -0.2) is 4.79 Å². The van der Waals surface area contributed by atoms with Gasteiger partial charge in [0.05, 0.1) is 13.2 Å².